The van der Waals surface area contributed by atoms with Gasteiger partial charge >= 0.3 is 5.97 Å². The lowest BCUT2D eigenvalue weighted by Crippen LogP contribution is -2.21. The molecule has 102 valence electrons. The first kappa shape index (κ1) is 14.9. The summed E-state index contributed by atoms with van der Waals surface area (Å²) < 4.78 is 21.9. The molecule has 0 saturated carbocycles. The number of nitrogens with one attached hydrogen (secondary N) is 1. The zero-order valence-electron chi connectivity index (χ0n) is 10.2. The molecule has 0 aliphatic carbocycles. The molecule has 0 atom stereocenters. The Labute approximate surface area is 110 Å². The lowest BCUT2D eigenvalue weighted by Gasteiger charge is -2.05. The maximum absolute atomic E-state index is 11.4. The molecule has 0 unspecified atom stereocenters. The zero-order chi connectivity index (χ0) is 14.5. The van der Waals surface area contributed by atoms with E-state index < -0.39 is 27.5 Å². The van der Waals surface area contributed by atoms with Crippen molar-refractivity contribution in [2.75, 3.05) is 17.3 Å². The van der Waals surface area contributed by atoms with Crippen molar-refractivity contribution in [2.45, 2.75) is 0 Å². The number of sulfone groups is 1. The number of rotatable bonds is 5. The molecule has 0 spiro atoms. The van der Waals surface area contributed by atoms with Crippen LogP contribution in [0.15, 0.2) is 30.3 Å². The van der Waals surface area contributed by atoms with E-state index in [1.165, 1.54) is 6.08 Å². The van der Waals surface area contributed by atoms with Crippen molar-refractivity contribution in [1.82, 2.24) is 0 Å². The molecule has 0 aliphatic heterocycles. The molecule has 0 saturated heterocycles. The molecular weight excluding hydrogens is 270 g/mol. The third-order valence-electron chi connectivity index (χ3n) is 1.98. The lowest BCUT2D eigenvalue weighted by molar-refractivity contribution is -0.131. The summed E-state index contributed by atoms with van der Waals surface area (Å²) in [4.78, 5) is 21.8. The molecule has 0 fully saturated rings. The van der Waals surface area contributed by atoms with Gasteiger partial charge in [0.1, 0.15) is 5.75 Å². The first-order valence-electron chi connectivity index (χ1n) is 5.25. The highest BCUT2D eigenvalue weighted by atomic mass is 32.2. The van der Waals surface area contributed by atoms with Crippen LogP contribution < -0.4 is 5.32 Å². The van der Waals surface area contributed by atoms with E-state index in [0.717, 1.165) is 12.3 Å². The number of carbonyl (C=O) groups is 2. The van der Waals surface area contributed by atoms with Crippen molar-refractivity contribution < 1.29 is 23.1 Å². The molecule has 6 nitrogen and oxygen atoms in total. The van der Waals surface area contributed by atoms with Gasteiger partial charge in [0.15, 0.2) is 9.84 Å². The van der Waals surface area contributed by atoms with E-state index >= 15 is 0 Å². The van der Waals surface area contributed by atoms with Gasteiger partial charge in [-0.1, -0.05) is 12.1 Å². The number of carbonyl (C=O) groups excluding carboxylic acids is 1. The maximum Gasteiger partial charge on any atom is 0.328 e. The Bertz CT molecular complexity index is 619. The molecule has 19 heavy (non-hydrogen) atoms. The highest BCUT2D eigenvalue weighted by molar-refractivity contribution is 7.91. The van der Waals surface area contributed by atoms with Crippen LogP contribution in [-0.4, -0.2) is 37.4 Å². The van der Waals surface area contributed by atoms with Gasteiger partial charge < -0.3 is 10.4 Å². The summed E-state index contributed by atoms with van der Waals surface area (Å²) in [6.07, 6.45) is 3.31. The SMILES string of the molecule is CS(=O)(=O)CC(=O)Nc1cccc(C=CC(=O)O)c1. The summed E-state index contributed by atoms with van der Waals surface area (Å²) in [5, 5.41) is 10.9. The van der Waals surface area contributed by atoms with Crippen molar-refractivity contribution in [3.63, 3.8) is 0 Å². The maximum atomic E-state index is 11.4. The summed E-state index contributed by atoms with van der Waals surface area (Å²) in [6.45, 7) is 0. The van der Waals surface area contributed by atoms with Crippen LogP contribution in [0, 0.1) is 0 Å². The van der Waals surface area contributed by atoms with Gasteiger partial charge in [-0.15, -0.1) is 0 Å². The number of hydrogen-bond donors (Lipinski definition) is 2. The van der Waals surface area contributed by atoms with Crippen molar-refractivity contribution in [3.05, 3.63) is 35.9 Å². The first-order chi connectivity index (χ1) is 8.76. The van der Waals surface area contributed by atoms with E-state index in [4.69, 9.17) is 5.11 Å². The number of anilines is 1. The van der Waals surface area contributed by atoms with Crippen molar-refractivity contribution in [2.24, 2.45) is 0 Å². The molecule has 1 aromatic rings. The van der Waals surface area contributed by atoms with Crippen molar-refractivity contribution in [3.8, 4) is 0 Å². The van der Waals surface area contributed by atoms with Crippen molar-refractivity contribution in [1.29, 1.82) is 0 Å². The molecule has 1 aromatic carbocycles. The predicted octanol–water partition coefficient (Wildman–Crippen LogP) is 0.767. The Balaban J connectivity index is 2.77. The van der Waals surface area contributed by atoms with Gasteiger partial charge in [-0.3, -0.25) is 4.79 Å². The van der Waals surface area contributed by atoms with Crippen LogP contribution in [0.4, 0.5) is 5.69 Å². The number of amides is 1. The van der Waals surface area contributed by atoms with Crippen LogP contribution in [0.5, 0.6) is 0 Å². The molecule has 0 bridgehead atoms. The third kappa shape index (κ3) is 6.37. The van der Waals surface area contributed by atoms with E-state index in [2.05, 4.69) is 5.32 Å². The second kappa shape index (κ2) is 6.14. The average Bonchev–Trinajstić information content (AvgIpc) is 2.24. The number of carboxylic acid groups (broad SMARTS) is 1. The minimum absolute atomic E-state index is 0.404. The van der Waals surface area contributed by atoms with Crippen LogP contribution in [0.3, 0.4) is 0 Å². The fraction of sp³-hybridized carbons (Fsp3) is 0.167. The van der Waals surface area contributed by atoms with Gasteiger partial charge in [0.25, 0.3) is 0 Å². The molecule has 0 radical (unpaired) electrons. The van der Waals surface area contributed by atoms with E-state index in [1.54, 1.807) is 24.3 Å². The molecule has 0 aromatic heterocycles. The number of aliphatic carboxylic acids is 1. The topological polar surface area (TPSA) is 101 Å². The number of hydrogen-bond acceptors (Lipinski definition) is 4. The quantitative estimate of drug-likeness (QED) is 0.777. The Morgan fingerprint density at radius 1 is 1.37 bits per heavy atom. The van der Waals surface area contributed by atoms with E-state index in [0.29, 0.717) is 11.3 Å². The highest BCUT2D eigenvalue weighted by Crippen LogP contribution is 2.12. The Hall–Kier alpha value is -2.15. The Morgan fingerprint density at radius 3 is 2.63 bits per heavy atom. The third-order valence-corrected chi connectivity index (χ3v) is 2.77. The summed E-state index contributed by atoms with van der Waals surface area (Å²) in [7, 11) is -3.38. The summed E-state index contributed by atoms with van der Waals surface area (Å²) in [6, 6.07) is 6.40. The molecule has 0 heterocycles. The van der Waals surface area contributed by atoms with Gasteiger partial charge in [0.05, 0.1) is 0 Å². The van der Waals surface area contributed by atoms with E-state index in [-0.39, 0.29) is 0 Å². The average molecular weight is 283 g/mol. The van der Waals surface area contributed by atoms with Crippen molar-refractivity contribution >= 4 is 33.5 Å². The highest BCUT2D eigenvalue weighted by Gasteiger charge is 2.10. The van der Waals surface area contributed by atoms with Crippen LogP contribution in [0.2, 0.25) is 0 Å². The largest absolute Gasteiger partial charge is 0.478 e. The Morgan fingerprint density at radius 2 is 2.05 bits per heavy atom. The van der Waals surface area contributed by atoms with Gasteiger partial charge in [0.2, 0.25) is 5.91 Å². The first-order valence-corrected chi connectivity index (χ1v) is 7.31. The van der Waals surface area contributed by atoms with Crippen LogP contribution >= 0.6 is 0 Å². The summed E-state index contributed by atoms with van der Waals surface area (Å²) in [5.74, 6) is -2.31. The second-order valence-electron chi connectivity index (χ2n) is 3.92. The monoisotopic (exact) mass is 283 g/mol. The standard InChI is InChI=1S/C12H13NO5S/c1-19(17,18)8-11(14)13-10-4-2-3-9(7-10)5-6-12(15)16/h2-7H,8H2,1H3,(H,13,14)(H,15,16). The lowest BCUT2D eigenvalue weighted by atomic mass is 10.2. The summed E-state index contributed by atoms with van der Waals surface area (Å²) >= 11 is 0. The van der Waals surface area contributed by atoms with Gasteiger partial charge in [-0.05, 0) is 23.8 Å². The summed E-state index contributed by atoms with van der Waals surface area (Å²) in [5.41, 5.74) is 0.987. The smallest absolute Gasteiger partial charge is 0.328 e. The molecule has 1 rings (SSSR count). The normalized spacial score (nSPS) is 11.4. The fourth-order valence-corrected chi connectivity index (χ4v) is 1.87. The van der Waals surface area contributed by atoms with Gasteiger partial charge in [-0.25, -0.2) is 13.2 Å². The van der Waals surface area contributed by atoms with Gasteiger partial charge in [0, 0.05) is 18.0 Å². The molecule has 2 N–H and O–H groups in total. The minimum Gasteiger partial charge on any atom is -0.478 e. The second-order valence-corrected chi connectivity index (χ2v) is 6.06. The van der Waals surface area contributed by atoms with Crippen LogP contribution in [0.25, 0.3) is 6.08 Å². The number of carboxylic acids is 1. The predicted molar refractivity (Wildman–Crippen MR) is 71.5 cm³/mol. The molecule has 7 heteroatoms. The van der Waals surface area contributed by atoms with E-state index in [9.17, 15) is 18.0 Å². The van der Waals surface area contributed by atoms with Gasteiger partial charge in [-0.2, -0.15) is 0 Å². The van der Waals surface area contributed by atoms with Crippen LogP contribution in [-0.2, 0) is 19.4 Å². The Kier molecular flexibility index (Phi) is 4.82. The van der Waals surface area contributed by atoms with E-state index in [1.807, 2.05) is 0 Å². The number of benzene rings is 1. The molecular formula is C12H13NO5S. The molecule has 1 amide bonds. The zero-order valence-corrected chi connectivity index (χ0v) is 11.0. The molecule has 0 aliphatic rings. The fourth-order valence-electron chi connectivity index (χ4n) is 1.32. The van der Waals surface area contributed by atoms with Crippen LogP contribution in [0.1, 0.15) is 5.56 Å². The minimum atomic E-state index is -3.38.